The number of hydrogen-bond acceptors (Lipinski definition) is 11. The summed E-state index contributed by atoms with van der Waals surface area (Å²) in [7, 11) is -8.57. The van der Waals surface area contributed by atoms with Crippen LogP contribution in [-0.2, 0) is 41.5 Å². The molecule has 0 atom stereocenters. The summed E-state index contributed by atoms with van der Waals surface area (Å²) < 4.78 is 57.5. The molecular formula is C27H27CuN5O9S2. The molecule has 0 aliphatic carbocycles. The number of azo groups is 1. The number of sulfone groups is 1. The third-order valence-electron chi connectivity index (χ3n) is 5.92. The van der Waals surface area contributed by atoms with E-state index in [0.717, 1.165) is 10.8 Å². The van der Waals surface area contributed by atoms with Crippen molar-refractivity contribution in [3.05, 3.63) is 78.9 Å². The van der Waals surface area contributed by atoms with Gasteiger partial charge in [-0.3, -0.25) is 4.55 Å². The Morgan fingerprint density at radius 1 is 0.795 bits per heavy atom. The van der Waals surface area contributed by atoms with Gasteiger partial charge in [-0.25, -0.2) is 17.4 Å². The summed E-state index contributed by atoms with van der Waals surface area (Å²) in [6.07, 6.45) is 0. The van der Waals surface area contributed by atoms with E-state index in [1.807, 2.05) is 30.3 Å². The van der Waals surface area contributed by atoms with Gasteiger partial charge in [-0.1, -0.05) is 48.5 Å². The average Bonchev–Trinajstić information content (AvgIpc) is 2.94. The fourth-order valence-corrected chi connectivity index (χ4v) is 5.21. The first-order valence-corrected chi connectivity index (χ1v) is 15.8. The fraction of sp³-hybridized carbons (Fsp3) is 0.148. The van der Waals surface area contributed by atoms with E-state index in [-0.39, 0.29) is 40.7 Å². The molecule has 0 saturated carbocycles. The van der Waals surface area contributed by atoms with Crippen molar-refractivity contribution in [1.29, 1.82) is 0 Å². The molecule has 0 spiro atoms. The Bertz CT molecular complexity index is 1890. The Kier molecular flexibility index (Phi) is 11.6. The summed E-state index contributed by atoms with van der Waals surface area (Å²) in [4.78, 5) is 12.3. The Hall–Kier alpha value is -4.25. The van der Waals surface area contributed by atoms with E-state index in [1.165, 1.54) is 18.2 Å². The van der Waals surface area contributed by atoms with Gasteiger partial charge in [0.15, 0.2) is 15.6 Å². The van der Waals surface area contributed by atoms with E-state index in [4.69, 9.17) is 4.55 Å². The van der Waals surface area contributed by atoms with Crippen LogP contribution in [0.4, 0.5) is 33.2 Å². The molecule has 0 saturated heterocycles. The molecule has 0 aromatic heterocycles. The molecular weight excluding hydrogens is 666 g/mol. The maximum Gasteiger partial charge on any atom is 0.397 e. The minimum Gasteiger partial charge on any atom is -0.506 e. The van der Waals surface area contributed by atoms with Crippen LogP contribution in [0.25, 0.3) is 10.8 Å². The van der Waals surface area contributed by atoms with Crippen molar-refractivity contribution in [3.63, 3.8) is 0 Å². The Labute approximate surface area is 263 Å². The molecule has 2 amide bonds. The number of aromatic hydroxyl groups is 2. The molecule has 237 valence electrons. The zero-order chi connectivity index (χ0) is 31.0. The van der Waals surface area contributed by atoms with E-state index in [0.29, 0.717) is 17.1 Å². The number of anilines is 3. The first kappa shape index (κ1) is 34.2. The number of benzene rings is 4. The summed E-state index contributed by atoms with van der Waals surface area (Å²) in [5.74, 6) is -1.58. The predicted molar refractivity (Wildman–Crippen MR) is 161 cm³/mol. The number of urea groups is 1. The number of nitrogens with one attached hydrogen (secondary N) is 3. The second-order valence-corrected chi connectivity index (χ2v) is 12.4. The molecule has 14 nitrogen and oxygen atoms in total. The largest absolute Gasteiger partial charge is 0.506 e. The number of fused-ring (bicyclic) bond motifs is 1. The zero-order valence-electron chi connectivity index (χ0n) is 22.6. The van der Waals surface area contributed by atoms with Crippen LogP contribution in [0.1, 0.15) is 0 Å². The summed E-state index contributed by atoms with van der Waals surface area (Å²) in [6.45, 7) is -1.10. The van der Waals surface area contributed by atoms with Crippen molar-refractivity contribution in [2.45, 2.75) is 0 Å². The summed E-state index contributed by atoms with van der Waals surface area (Å²) in [6, 6.07) is 21.4. The van der Waals surface area contributed by atoms with Crippen molar-refractivity contribution in [3.8, 4) is 11.5 Å². The second kappa shape index (κ2) is 15.0. The van der Waals surface area contributed by atoms with E-state index >= 15 is 0 Å². The predicted octanol–water partition coefficient (Wildman–Crippen LogP) is 4.76. The molecule has 4 rings (SSSR count). The van der Waals surface area contributed by atoms with E-state index in [1.54, 1.807) is 30.3 Å². The molecule has 6 N–H and O–H groups in total. The zero-order valence-corrected chi connectivity index (χ0v) is 25.2. The third-order valence-corrected chi connectivity index (χ3v) is 8.00. The number of nitrogens with zero attached hydrogens (tertiary/aromatic N) is 2. The first-order chi connectivity index (χ1) is 20.4. The van der Waals surface area contributed by atoms with Gasteiger partial charge in [0.2, 0.25) is 0 Å². The molecule has 0 unspecified atom stereocenters. The summed E-state index contributed by atoms with van der Waals surface area (Å²) in [5.41, 5.74) is 1.43. The van der Waals surface area contributed by atoms with Crippen LogP contribution in [0.5, 0.6) is 11.5 Å². The summed E-state index contributed by atoms with van der Waals surface area (Å²) >= 11 is 0. The fourth-order valence-electron chi connectivity index (χ4n) is 3.86. The van der Waals surface area contributed by atoms with Crippen molar-refractivity contribution >= 4 is 65.5 Å². The smallest absolute Gasteiger partial charge is 0.397 e. The molecule has 0 aliphatic heterocycles. The number of carbonyl (C=O) groups excluding carboxylic acids is 1. The molecule has 44 heavy (non-hydrogen) atoms. The molecule has 4 aromatic rings. The van der Waals surface area contributed by atoms with E-state index in [2.05, 4.69) is 30.4 Å². The van der Waals surface area contributed by atoms with Crippen LogP contribution < -0.4 is 16.0 Å². The minimum absolute atomic E-state index is 0. The van der Waals surface area contributed by atoms with Gasteiger partial charge in [-0.05, 0) is 35.7 Å². The van der Waals surface area contributed by atoms with Crippen LogP contribution in [0.15, 0.2) is 89.1 Å². The number of amides is 2. The Balaban J connectivity index is 0.00000529. The number of hydrogen-bond donors (Lipinski definition) is 6. The average molecular weight is 693 g/mol. The molecule has 1 radical (unpaired) electrons. The molecule has 0 heterocycles. The number of phenolic OH excluding ortho intramolecular Hbond substituents is 2. The van der Waals surface area contributed by atoms with Crippen molar-refractivity contribution in [1.82, 2.24) is 5.32 Å². The van der Waals surface area contributed by atoms with Gasteiger partial charge < -0.3 is 26.2 Å². The number of phenols is 2. The number of para-hydroxylation sites is 3. The van der Waals surface area contributed by atoms with Crippen molar-refractivity contribution in [2.24, 2.45) is 10.2 Å². The van der Waals surface area contributed by atoms with Crippen molar-refractivity contribution < 1.29 is 57.6 Å². The Morgan fingerprint density at radius 2 is 1.50 bits per heavy atom. The SMILES string of the molecule is O=C(NCCS(=O)(=O)CCOS(=O)(=O)O)Nc1cccc(N=Nc2c(Nc3ccccc3O)ccc3ccccc23)c1O.[Cu]. The van der Waals surface area contributed by atoms with Crippen molar-refractivity contribution in [2.75, 3.05) is 35.3 Å². The molecule has 0 bridgehead atoms. The van der Waals surface area contributed by atoms with Crippen LogP contribution in [0.2, 0.25) is 0 Å². The van der Waals surface area contributed by atoms with E-state index in [9.17, 15) is 31.8 Å². The maximum atomic E-state index is 12.3. The van der Waals surface area contributed by atoms with Crippen LogP contribution in [-0.4, -0.2) is 62.3 Å². The maximum absolute atomic E-state index is 12.3. The minimum atomic E-state index is -4.76. The van der Waals surface area contributed by atoms with Crippen LogP contribution >= 0.6 is 0 Å². The van der Waals surface area contributed by atoms with Gasteiger partial charge in [0.1, 0.15) is 17.1 Å². The first-order valence-electron chi connectivity index (χ1n) is 12.6. The Morgan fingerprint density at radius 3 is 2.25 bits per heavy atom. The topological polar surface area (TPSA) is 216 Å². The van der Waals surface area contributed by atoms with Gasteiger partial charge in [0, 0.05) is 29.0 Å². The molecule has 4 aromatic carbocycles. The van der Waals surface area contributed by atoms with Gasteiger partial charge in [0.25, 0.3) is 0 Å². The number of rotatable bonds is 12. The third kappa shape index (κ3) is 9.63. The van der Waals surface area contributed by atoms with Crippen LogP contribution in [0, 0.1) is 0 Å². The van der Waals surface area contributed by atoms with Gasteiger partial charge in [0.05, 0.1) is 35.2 Å². The second-order valence-electron chi connectivity index (χ2n) is 8.98. The monoisotopic (exact) mass is 692 g/mol. The molecule has 0 fully saturated rings. The standard InChI is InChI=1S/C27H27N5O9S2.Cu/c33-24-11-4-3-8-20(24)29-21-13-12-18-6-1-2-7-19(18)25(21)32-31-23-10-5-9-22(26(23)34)30-27(35)28-14-16-42(36,37)17-15-41-43(38,39)40;/h1-13,29,33-34H,14-17H2,(H2,28,30,35)(H,38,39,40);. The molecule has 0 aliphatic rings. The van der Waals surface area contributed by atoms with E-state index < -0.39 is 50.1 Å². The van der Waals surface area contributed by atoms with Gasteiger partial charge >= 0.3 is 16.4 Å². The number of carbonyl (C=O) groups is 1. The van der Waals surface area contributed by atoms with Gasteiger partial charge in [-0.15, -0.1) is 10.2 Å². The van der Waals surface area contributed by atoms with Gasteiger partial charge in [-0.2, -0.15) is 8.42 Å². The van der Waals surface area contributed by atoms with Crippen LogP contribution in [0.3, 0.4) is 0 Å². The quantitative estimate of drug-likeness (QED) is 0.0518. The normalized spacial score (nSPS) is 11.7. The summed E-state index contributed by atoms with van der Waals surface area (Å²) in [5, 5.41) is 39.1. The molecule has 17 heteroatoms.